The van der Waals surface area contributed by atoms with E-state index in [1.54, 1.807) is 11.3 Å². The summed E-state index contributed by atoms with van der Waals surface area (Å²) in [6.45, 7) is 7.89. The Morgan fingerprint density at radius 3 is 2.36 bits per heavy atom. The Morgan fingerprint density at radius 1 is 1.07 bits per heavy atom. The molecule has 0 unspecified atom stereocenters. The van der Waals surface area contributed by atoms with Crippen LogP contribution in [0.3, 0.4) is 0 Å². The first-order chi connectivity index (χ1) is 6.52. The Morgan fingerprint density at radius 2 is 1.71 bits per heavy atom. The lowest BCUT2D eigenvalue weighted by atomic mass is 10.1. The molecule has 2 aromatic heterocycles. The summed E-state index contributed by atoms with van der Waals surface area (Å²) in [5.74, 6) is 0. The number of pyridine rings is 1. The average Bonchev–Trinajstić information content (AvgIpc) is 2.39. The third-order valence-electron chi connectivity index (χ3n) is 2.82. The maximum absolute atomic E-state index is 12.0. The highest BCUT2D eigenvalue weighted by Crippen LogP contribution is 2.26. The van der Waals surface area contributed by atoms with Crippen molar-refractivity contribution in [1.82, 2.24) is 4.98 Å². The number of nitrogens with one attached hydrogen (secondary N) is 1. The number of aromatic nitrogens is 1. The smallest absolute Gasteiger partial charge is 0.193 e. The van der Waals surface area contributed by atoms with Gasteiger partial charge in [0.05, 0.1) is 5.39 Å². The van der Waals surface area contributed by atoms with Crippen molar-refractivity contribution >= 4 is 21.6 Å². The van der Waals surface area contributed by atoms with Crippen LogP contribution in [0.2, 0.25) is 0 Å². The van der Waals surface area contributed by atoms with Gasteiger partial charge in [-0.05, 0) is 33.3 Å². The first kappa shape index (κ1) is 9.46. The summed E-state index contributed by atoms with van der Waals surface area (Å²) in [6, 6.07) is 0. The third-order valence-corrected chi connectivity index (χ3v) is 3.94. The van der Waals surface area contributed by atoms with Gasteiger partial charge in [0.15, 0.2) is 5.43 Å². The molecule has 14 heavy (non-hydrogen) atoms. The molecule has 0 fully saturated rings. The standard InChI is InChI=1S/C11H13NOS/c1-5-7(3)12-11-9(10(5)13)6(2)8(4)14-11/h1-4H3,(H,12,13). The second-order valence-corrected chi connectivity index (χ2v) is 4.92. The van der Waals surface area contributed by atoms with Crippen LogP contribution in [0.5, 0.6) is 0 Å². The molecule has 0 atom stereocenters. The van der Waals surface area contributed by atoms with Crippen LogP contribution in [0.15, 0.2) is 4.79 Å². The predicted molar refractivity (Wildman–Crippen MR) is 61.4 cm³/mol. The van der Waals surface area contributed by atoms with Crippen molar-refractivity contribution in [3.8, 4) is 0 Å². The molecule has 0 aliphatic carbocycles. The van der Waals surface area contributed by atoms with Gasteiger partial charge in [-0.2, -0.15) is 0 Å². The van der Waals surface area contributed by atoms with E-state index in [0.717, 1.165) is 27.0 Å². The van der Waals surface area contributed by atoms with Crippen molar-refractivity contribution in [2.45, 2.75) is 27.7 Å². The molecule has 0 aliphatic rings. The number of fused-ring (bicyclic) bond motifs is 1. The van der Waals surface area contributed by atoms with Crippen LogP contribution in [-0.2, 0) is 0 Å². The summed E-state index contributed by atoms with van der Waals surface area (Å²) >= 11 is 1.66. The number of hydrogen-bond donors (Lipinski definition) is 1. The minimum atomic E-state index is 0.179. The number of aryl methyl sites for hydroxylation is 3. The zero-order chi connectivity index (χ0) is 10.5. The molecule has 0 amide bonds. The van der Waals surface area contributed by atoms with Crippen LogP contribution in [0.25, 0.3) is 10.2 Å². The monoisotopic (exact) mass is 207 g/mol. The minimum absolute atomic E-state index is 0.179. The Kier molecular flexibility index (Phi) is 2.00. The number of hydrogen-bond acceptors (Lipinski definition) is 2. The van der Waals surface area contributed by atoms with E-state index < -0.39 is 0 Å². The first-order valence-electron chi connectivity index (χ1n) is 4.61. The van der Waals surface area contributed by atoms with Crippen molar-refractivity contribution in [2.75, 3.05) is 0 Å². The average molecular weight is 207 g/mol. The molecule has 0 aromatic carbocycles. The molecule has 2 heterocycles. The van der Waals surface area contributed by atoms with E-state index in [0.29, 0.717) is 0 Å². The van der Waals surface area contributed by atoms with Gasteiger partial charge in [0.2, 0.25) is 0 Å². The summed E-state index contributed by atoms with van der Waals surface area (Å²) in [5, 5.41) is 0.871. The van der Waals surface area contributed by atoms with Crippen LogP contribution in [0, 0.1) is 27.7 Å². The zero-order valence-electron chi connectivity index (χ0n) is 8.82. The molecule has 0 aliphatic heterocycles. The molecule has 0 bridgehead atoms. The van der Waals surface area contributed by atoms with Gasteiger partial charge in [0.1, 0.15) is 4.83 Å². The van der Waals surface area contributed by atoms with Crippen molar-refractivity contribution in [2.24, 2.45) is 0 Å². The molecule has 1 N–H and O–H groups in total. The molecule has 0 radical (unpaired) electrons. The summed E-state index contributed by atoms with van der Waals surface area (Å²) in [7, 11) is 0. The van der Waals surface area contributed by atoms with Crippen LogP contribution >= 0.6 is 11.3 Å². The van der Waals surface area contributed by atoms with Crippen molar-refractivity contribution in [1.29, 1.82) is 0 Å². The second-order valence-electron chi connectivity index (χ2n) is 3.69. The van der Waals surface area contributed by atoms with Crippen LogP contribution in [0.4, 0.5) is 0 Å². The van der Waals surface area contributed by atoms with Gasteiger partial charge in [-0.3, -0.25) is 4.79 Å². The predicted octanol–water partition coefficient (Wildman–Crippen LogP) is 2.82. The number of thiophene rings is 1. The van der Waals surface area contributed by atoms with Crippen LogP contribution < -0.4 is 5.43 Å². The Balaban J connectivity index is 3.07. The Hall–Kier alpha value is -1.09. The number of rotatable bonds is 0. The first-order valence-corrected chi connectivity index (χ1v) is 5.43. The highest BCUT2D eigenvalue weighted by Gasteiger charge is 2.11. The fourth-order valence-corrected chi connectivity index (χ4v) is 2.72. The van der Waals surface area contributed by atoms with Gasteiger partial charge in [-0.25, -0.2) is 0 Å². The fraction of sp³-hybridized carbons (Fsp3) is 0.364. The van der Waals surface area contributed by atoms with Crippen molar-refractivity contribution in [3.05, 3.63) is 31.9 Å². The lowest BCUT2D eigenvalue weighted by molar-refractivity contribution is 1.18. The van der Waals surface area contributed by atoms with Gasteiger partial charge in [-0.1, -0.05) is 0 Å². The van der Waals surface area contributed by atoms with E-state index in [9.17, 15) is 4.79 Å². The lowest BCUT2D eigenvalue weighted by Crippen LogP contribution is -2.08. The summed E-state index contributed by atoms with van der Waals surface area (Å²) in [6.07, 6.45) is 0. The SMILES string of the molecule is Cc1[nH]c2sc(C)c(C)c2c(=O)c1C. The lowest BCUT2D eigenvalue weighted by Gasteiger charge is -1.99. The van der Waals surface area contributed by atoms with E-state index in [1.807, 2.05) is 20.8 Å². The Bertz CT molecular complexity index is 563. The zero-order valence-corrected chi connectivity index (χ0v) is 9.63. The molecule has 2 nitrogen and oxygen atoms in total. The second kappa shape index (κ2) is 2.95. The molecule has 0 saturated carbocycles. The summed E-state index contributed by atoms with van der Waals surface area (Å²) < 4.78 is 0. The fourth-order valence-electron chi connectivity index (χ4n) is 1.61. The van der Waals surface area contributed by atoms with Crippen LogP contribution in [0.1, 0.15) is 21.7 Å². The molecular weight excluding hydrogens is 194 g/mol. The maximum Gasteiger partial charge on any atom is 0.193 e. The van der Waals surface area contributed by atoms with Gasteiger partial charge in [0, 0.05) is 16.1 Å². The molecule has 2 rings (SSSR count). The van der Waals surface area contributed by atoms with E-state index in [1.165, 1.54) is 4.88 Å². The van der Waals surface area contributed by atoms with E-state index >= 15 is 0 Å². The minimum Gasteiger partial charge on any atom is -0.350 e. The molecule has 0 saturated heterocycles. The third kappa shape index (κ3) is 1.12. The molecule has 2 aromatic rings. The Labute approximate surface area is 86.6 Å². The van der Waals surface area contributed by atoms with Gasteiger partial charge in [-0.15, -0.1) is 11.3 Å². The largest absolute Gasteiger partial charge is 0.350 e. The van der Waals surface area contributed by atoms with Gasteiger partial charge >= 0.3 is 0 Å². The number of H-pyrrole nitrogens is 1. The molecule has 3 heteroatoms. The summed E-state index contributed by atoms with van der Waals surface area (Å²) in [4.78, 5) is 17.5. The van der Waals surface area contributed by atoms with Crippen LogP contribution in [-0.4, -0.2) is 4.98 Å². The van der Waals surface area contributed by atoms with E-state index in [-0.39, 0.29) is 5.43 Å². The normalized spacial score (nSPS) is 11.1. The number of aromatic amines is 1. The van der Waals surface area contributed by atoms with E-state index in [4.69, 9.17) is 0 Å². The van der Waals surface area contributed by atoms with Gasteiger partial charge in [0.25, 0.3) is 0 Å². The molecule has 0 spiro atoms. The maximum atomic E-state index is 12.0. The topological polar surface area (TPSA) is 32.9 Å². The molecule has 74 valence electrons. The van der Waals surface area contributed by atoms with E-state index in [2.05, 4.69) is 11.9 Å². The van der Waals surface area contributed by atoms with Crippen molar-refractivity contribution < 1.29 is 0 Å². The highest BCUT2D eigenvalue weighted by molar-refractivity contribution is 7.18. The highest BCUT2D eigenvalue weighted by atomic mass is 32.1. The van der Waals surface area contributed by atoms with Gasteiger partial charge < -0.3 is 4.98 Å². The van der Waals surface area contributed by atoms with Crippen molar-refractivity contribution in [3.63, 3.8) is 0 Å². The quantitative estimate of drug-likeness (QED) is 0.708. The molecular formula is C11H13NOS. The summed E-state index contributed by atoms with van der Waals surface area (Å²) in [5.41, 5.74) is 3.11.